The second-order valence-electron chi connectivity index (χ2n) is 4.85. The minimum Gasteiger partial charge on any atom is -0.435 e. The smallest absolute Gasteiger partial charge is 0.314 e. The molecule has 84 valence electrons. The minimum absolute atomic E-state index is 0.00463. The first-order valence-corrected chi connectivity index (χ1v) is 5.25. The molecule has 0 amide bonds. The van der Waals surface area contributed by atoms with Gasteiger partial charge in [-0.15, -0.1) is 0 Å². The molecule has 0 unspecified atom stereocenters. The SMILES string of the molecule is C[C@]12O[C@@H]3OC(=O)[C@H]1[C@H](C[C@@H]2O)[C@H]3CO. The van der Waals surface area contributed by atoms with Crippen molar-refractivity contribution in [3.8, 4) is 0 Å². The van der Waals surface area contributed by atoms with E-state index in [0.29, 0.717) is 6.42 Å². The molecule has 0 aromatic rings. The molecule has 4 aliphatic rings. The first-order valence-electron chi connectivity index (χ1n) is 5.25. The van der Waals surface area contributed by atoms with Crippen LogP contribution in [-0.2, 0) is 14.3 Å². The molecule has 0 spiro atoms. The number of carbonyl (C=O) groups is 1. The van der Waals surface area contributed by atoms with E-state index in [1.165, 1.54) is 0 Å². The third-order valence-electron chi connectivity index (χ3n) is 4.17. The van der Waals surface area contributed by atoms with Crippen molar-refractivity contribution in [2.24, 2.45) is 17.8 Å². The molecule has 4 fully saturated rings. The van der Waals surface area contributed by atoms with E-state index in [2.05, 4.69) is 0 Å². The lowest BCUT2D eigenvalue weighted by Gasteiger charge is -2.50. The molecule has 0 aromatic carbocycles. The summed E-state index contributed by atoms with van der Waals surface area (Å²) in [6.45, 7) is 1.69. The highest BCUT2D eigenvalue weighted by atomic mass is 16.7. The highest BCUT2D eigenvalue weighted by Crippen LogP contribution is 2.56. The Morgan fingerprint density at radius 2 is 2.33 bits per heavy atom. The lowest BCUT2D eigenvalue weighted by molar-refractivity contribution is -0.315. The Labute approximate surface area is 87.0 Å². The number of aliphatic hydroxyl groups is 2. The molecule has 5 nitrogen and oxygen atoms in total. The maximum Gasteiger partial charge on any atom is 0.314 e. The summed E-state index contributed by atoms with van der Waals surface area (Å²) in [7, 11) is 0. The monoisotopic (exact) mass is 214 g/mol. The van der Waals surface area contributed by atoms with Gasteiger partial charge in [0, 0.05) is 5.92 Å². The topological polar surface area (TPSA) is 76.0 Å². The Hall–Kier alpha value is -0.650. The van der Waals surface area contributed by atoms with Gasteiger partial charge < -0.3 is 19.7 Å². The highest BCUT2D eigenvalue weighted by molar-refractivity contribution is 5.77. The molecule has 4 bridgehead atoms. The molecule has 0 radical (unpaired) electrons. The van der Waals surface area contributed by atoms with Crippen LogP contribution in [0.1, 0.15) is 13.3 Å². The van der Waals surface area contributed by atoms with Gasteiger partial charge in [0.05, 0.1) is 18.6 Å². The summed E-state index contributed by atoms with van der Waals surface area (Å²) >= 11 is 0. The van der Waals surface area contributed by atoms with E-state index in [1.807, 2.05) is 0 Å². The molecule has 6 atom stereocenters. The quantitative estimate of drug-likeness (QED) is 0.562. The summed E-state index contributed by atoms with van der Waals surface area (Å²) < 4.78 is 10.6. The molecule has 1 saturated carbocycles. The van der Waals surface area contributed by atoms with Crippen molar-refractivity contribution in [1.29, 1.82) is 0 Å². The van der Waals surface area contributed by atoms with E-state index >= 15 is 0 Å². The van der Waals surface area contributed by atoms with Crippen LogP contribution in [-0.4, -0.2) is 40.8 Å². The highest BCUT2D eigenvalue weighted by Gasteiger charge is 2.68. The van der Waals surface area contributed by atoms with Crippen molar-refractivity contribution in [2.75, 3.05) is 6.61 Å². The summed E-state index contributed by atoms with van der Waals surface area (Å²) in [6.07, 6.45) is -0.808. The molecule has 5 heteroatoms. The van der Waals surface area contributed by atoms with Crippen LogP contribution in [0.25, 0.3) is 0 Å². The molecule has 4 rings (SSSR count). The van der Waals surface area contributed by atoms with E-state index in [-0.39, 0.29) is 24.4 Å². The van der Waals surface area contributed by atoms with Crippen LogP contribution < -0.4 is 0 Å². The fourth-order valence-electron chi connectivity index (χ4n) is 3.30. The molecule has 3 heterocycles. The zero-order valence-electron chi connectivity index (χ0n) is 8.42. The third kappa shape index (κ3) is 0.959. The van der Waals surface area contributed by atoms with Crippen molar-refractivity contribution in [3.63, 3.8) is 0 Å². The van der Waals surface area contributed by atoms with Gasteiger partial charge in [0.1, 0.15) is 5.60 Å². The minimum atomic E-state index is -0.809. The number of rotatable bonds is 1. The summed E-state index contributed by atoms with van der Waals surface area (Å²) in [6, 6.07) is 0. The van der Waals surface area contributed by atoms with E-state index in [1.54, 1.807) is 6.92 Å². The van der Waals surface area contributed by atoms with E-state index in [0.717, 1.165) is 0 Å². The summed E-state index contributed by atoms with van der Waals surface area (Å²) in [5, 5.41) is 19.1. The van der Waals surface area contributed by atoms with Crippen LogP contribution in [0.15, 0.2) is 0 Å². The van der Waals surface area contributed by atoms with Crippen molar-refractivity contribution < 1.29 is 24.5 Å². The van der Waals surface area contributed by atoms with Crippen LogP contribution >= 0.6 is 0 Å². The van der Waals surface area contributed by atoms with Crippen molar-refractivity contribution >= 4 is 5.97 Å². The van der Waals surface area contributed by atoms with E-state index < -0.39 is 23.9 Å². The van der Waals surface area contributed by atoms with Gasteiger partial charge in [0.15, 0.2) is 0 Å². The van der Waals surface area contributed by atoms with Crippen LogP contribution in [0, 0.1) is 17.8 Å². The molecule has 2 N–H and O–H groups in total. The van der Waals surface area contributed by atoms with Gasteiger partial charge in [-0.3, -0.25) is 4.79 Å². The summed E-state index contributed by atoms with van der Waals surface area (Å²) in [5.41, 5.74) is -0.809. The largest absolute Gasteiger partial charge is 0.435 e. The fraction of sp³-hybridized carbons (Fsp3) is 0.900. The number of esters is 1. The lowest BCUT2D eigenvalue weighted by atomic mass is 9.75. The van der Waals surface area contributed by atoms with Gasteiger partial charge in [0.2, 0.25) is 6.29 Å². The predicted molar refractivity (Wildman–Crippen MR) is 47.5 cm³/mol. The van der Waals surface area contributed by atoms with Gasteiger partial charge in [0.25, 0.3) is 0 Å². The average Bonchev–Trinajstić information content (AvgIpc) is 2.36. The first-order chi connectivity index (χ1) is 7.08. The van der Waals surface area contributed by atoms with Crippen molar-refractivity contribution in [2.45, 2.75) is 31.3 Å². The molecule has 0 aromatic heterocycles. The van der Waals surface area contributed by atoms with Crippen molar-refractivity contribution in [3.05, 3.63) is 0 Å². The van der Waals surface area contributed by atoms with Gasteiger partial charge in [-0.2, -0.15) is 0 Å². The summed E-state index contributed by atoms with van der Waals surface area (Å²) in [4.78, 5) is 11.6. The molecule has 3 aliphatic heterocycles. The van der Waals surface area contributed by atoms with Crippen LogP contribution in [0.3, 0.4) is 0 Å². The molecule has 15 heavy (non-hydrogen) atoms. The zero-order valence-corrected chi connectivity index (χ0v) is 8.42. The number of hydrogen-bond donors (Lipinski definition) is 2. The fourth-order valence-corrected chi connectivity index (χ4v) is 3.30. The third-order valence-corrected chi connectivity index (χ3v) is 4.17. The number of aliphatic hydroxyl groups excluding tert-OH is 2. The second-order valence-corrected chi connectivity index (χ2v) is 4.85. The van der Waals surface area contributed by atoms with Crippen LogP contribution in [0.2, 0.25) is 0 Å². The summed E-state index contributed by atoms with van der Waals surface area (Å²) in [5.74, 6) is -0.900. The number of ether oxygens (including phenoxy) is 2. The van der Waals surface area contributed by atoms with Gasteiger partial charge >= 0.3 is 5.97 Å². The molecule has 3 saturated heterocycles. The maximum atomic E-state index is 11.6. The Morgan fingerprint density at radius 3 is 3.00 bits per heavy atom. The van der Waals surface area contributed by atoms with Gasteiger partial charge in [-0.05, 0) is 19.3 Å². The standard InChI is InChI=1S/C10H14O5/c1-10-6(12)2-4-5(3-11)9(15-10)14-8(13)7(4)10/h4-7,9,11-12H,2-3H2,1H3/t4-,5-,6+,7-,9+,10-/m1/s1. The predicted octanol–water partition coefficient (Wildman–Crippen LogP) is -0.736. The second kappa shape index (κ2) is 2.72. The Morgan fingerprint density at radius 1 is 1.60 bits per heavy atom. The Bertz CT molecular complexity index is 317. The maximum absolute atomic E-state index is 11.6. The van der Waals surface area contributed by atoms with E-state index in [4.69, 9.17) is 9.47 Å². The molecular formula is C10H14O5. The average molecular weight is 214 g/mol. The number of hydrogen-bond acceptors (Lipinski definition) is 5. The molecular weight excluding hydrogens is 200 g/mol. The Balaban J connectivity index is 2.04. The Kier molecular flexibility index (Phi) is 1.74. The van der Waals surface area contributed by atoms with E-state index in [9.17, 15) is 15.0 Å². The molecule has 1 aliphatic carbocycles. The normalized spacial score (nSPS) is 57.0. The van der Waals surface area contributed by atoms with Crippen molar-refractivity contribution in [1.82, 2.24) is 0 Å². The zero-order chi connectivity index (χ0) is 10.8. The van der Waals surface area contributed by atoms with Crippen LogP contribution in [0.4, 0.5) is 0 Å². The number of carbonyl (C=O) groups excluding carboxylic acids is 1. The van der Waals surface area contributed by atoms with Gasteiger partial charge in [-0.25, -0.2) is 0 Å². The van der Waals surface area contributed by atoms with Crippen LogP contribution in [0.5, 0.6) is 0 Å². The lowest BCUT2D eigenvalue weighted by Crippen LogP contribution is -2.62. The first kappa shape index (κ1) is 9.57. The van der Waals surface area contributed by atoms with Gasteiger partial charge in [-0.1, -0.05) is 0 Å². The number of fused-ring (bicyclic) bond motifs is 1.